The van der Waals surface area contributed by atoms with Gasteiger partial charge in [0.25, 0.3) is 0 Å². The first-order valence-corrected chi connectivity index (χ1v) is 12.8. The molecule has 2 atom stereocenters. The van der Waals surface area contributed by atoms with Crippen molar-refractivity contribution in [3.05, 3.63) is 64.1 Å². The number of fused-ring (bicyclic) bond motifs is 2. The Kier molecular flexibility index (Phi) is 6.98. The smallest absolute Gasteiger partial charge is 0.222 e. The van der Waals surface area contributed by atoms with Gasteiger partial charge in [-0.2, -0.15) is 0 Å². The summed E-state index contributed by atoms with van der Waals surface area (Å²) in [6.45, 7) is 2.80. The molecule has 1 N–H and O–H groups in total. The highest BCUT2D eigenvalue weighted by Crippen LogP contribution is 2.45. The van der Waals surface area contributed by atoms with Gasteiger partial charge in [0, 0.05) is 43.5 Å². The van der Waals surface area contributed by atoms with Crippen molar-refractivity contribution in [2.24, 2.45) is 11.8 Å². The molecule has 2 saturated heterocycles. The Labute approximate surface area is 210 Å². The molecule has 0 aromatic heterocycles. The predicted molar refractivity (Wildman–Crippen MR) is 132 cm³/mol. The van der Waals surface area contributed by atoms with Crippen molar-refractivity contribution in [2.45, 2.75) is 44.1 Å². The van der Waals surface area contributed by atoms with Gasteiger partial charge in [-0.1, -0.05) is 29.8 Å². The summed E-state index contributed by atoms with van der Waals surface area (Å²) >= 11 is 6.28. The molecule has 0 radical (unpaired) electrons. The number of nitrogens with zero attached hydrogens (tertiary/aromatic N) is 3. The van der Waals surface area contributed by atoms with Crippen LogP contribution < -0.4 is 0 Å². The van der Waals surface area contributed by atoms with Crippen LogP contribution >= 0.6 is 11.6 Å². The first-order chi connectivity index (χ1) is 16.9. The summed E-state index contributed by atoms with van der Waals surface area (Å²) in [5, 5.41) is 12.4. The van der Waals surface area contributed by atoms with Crippen LogP contribution in [0.25, 0.3) is 6.08 Å². The highest BCUT2D eigenvalue weighted by Gasteiger charge is 2.41. The number of halogens is 2. The van der Waals surface area contributed by atoms with Crippen LogP contribution in [0, 0.1) is 11.8 Å². The number of carbonyl (C=O) groups excluding carboxylic acids is 2. The minimum absolute atomic E-state index is 0.0669. The summed E-state index contributed by atoms with van der Waals surface area (Å²) in [7, 11) is 0. The zero-order valence-electron chi connectivity index (χ0n) is 19.7. The number of likely N-dealkylation sites (tertiary alicyclic amines) is 2. The lowest BCUT2D eigenvalue weighted by atomic mass is 9.73. The van der Waals surface area contributed by atoms with Gasteiger partial charge in [0.05, 0.1) is 12.2 Å². The highest BCUT2D eigenvalue weighted by atomic mass is 35.5. The predicted octanol–water partition coefficient (Wildman–Crippen LogP) is 4.76. The molecule has 2 fully saturated rings. The fourth-order valence-corrected chi connectivity index (χ4v) is 6.35. The molecule has 3 aliphatic heterocycles. The Hall–Kier alpha value is -2.64. The first kappa shape index (κ1) is 24.1. The average molecular weight is 500 g/mol. The molecular formula is C27H31ClFN3O3. The average Bonchev–Trinajstić information content (AvgIpc) is 3.01. The molecule has 186 valence electrons. The van der Waals surface area contributed by atoms with E-state index in [1.165, 1.54) is 6.08 Å². The van der Waals surface area contributed by atoms with E-state index in [0.717, 1.165) is 73.1 Å². The normalized spacial score (nSPS) is 25.4. The molecule has 2 unspecified atom stereocenters. The second-order valence-corrected chi connectivity index (χ2v) is 10.6. The van der Waals surface area contributed by atoms with E-state index in [-0.39, 0.29) is 17.7 Å². The minimum atomic E-state index is -0.481. The monoisotopic (exact) mass is 499 g/mol. The maximum absolute atomic E-state index is 14.1. The van der Waals surface area contributed by atoms with Gasteiger partial charge in [-0.3, -0.25) is 19.9 Å². The van der Waals surface area contributed by atoms with Gasteiger partial charge in [0.2, 0.25) is 12.3 Å². The zero-order valence-corrected chi connectivity index (χ0v) is 20.4. The molecule has 2 amide bonds. The van der Waals surface area contributed by atoms with Crippen molar-refractivity contribution >= 4 is 30.0 Å². The topological polar surface area (TPSA) is 64.1 Å². The largest absolute Gasteiger partial charge is 0.345 e. The summed E-state index contributed by atoms with van der Waals surface area (Å²) in [6.07, 6.45) is 11.3. The van der Waals surface area contributed by atoms with Crippen molar-refractivity contribution in [1.29, 1.82) is 0 Å². The molecule has 4 aliphatic rings. The lowest BCUT2D eigenvalue weighted by molar-refractivity contribution is -0.134. The molecule has 6 nitrogen and oxygen atoms in total. The van der Waals surface area contributed by atoms with Gasteiger partial charge >= 0.3 is 0 Å². The van der Waals surface area contributed by atoms with Crippen LogP contribution in [0.1, 0.15) is 49.1 Å². The van der Waals surface area contributed by atoms with Gasteiger partial charge in [-0.25, -0.2) is 4.39 Å². The fourth-order valence-electron chi connectivity index (χ4n) is 6.17. The summed E-state index contributed by atoms with van der Waals surface area (Å²) in [5.41, 5.74) is 2.79. The number of benzene rings is 1. The number of hydrogen-bond acceptors (Lipinski definition) is 4. The van der Waals surface area contributed by atoms with Crippen LogP contribution in [0.4, 0.5) is 4.39 Å². The molecule has 1 aromatic rings. The third kappa shape index (κ3) is 5.02. The van der Waals surface area contributed by atoms with Crippen LogP contribution in [-0.4, -0.2) is 64.6 Å². The van der Waals surface area contributed by atoms with E-state index >= 15 is 0 Å². The molecule has 8 heteroatoms. The summed E-state index contributed by atoms with van der Waals surface area (Å²) in [5.74, 6) is 0.191. The minimum Gasteiger partial charge on any atom is -0.345 e. The molecule has 5 rings (SSSR count). The number of piperidine rings is 2. The van der Waals surface area contributed by atoms with E-state index in [9.17, 15) is 19.2 Å². The van der Waals surface area contributed by atoms with Crippen molar-refractivity contribution < 1.29 is 19.2 Å². The maximum atomic E-state index is 14.1. The highest BCUT2D eigenvalue weighted by molar-refractivity contribution is 6.30. The second-order valence-electron chi connectivity index (χ2n) is 10.1. The van der Waals surface area contributed by atoms with Crippen LogP contribution in [0.15, 0.2) is 48.0 Å². The molecule has 1 aromatic carbocycles. The van der Waals surface area contributed by atoms with Gasteiger partial charge in [-0.05, 0) is 72.4 Å². The van der Waals surface area contributed by atoms with E-state index in [2.05, 4.69) is 0 Å². The van der Waals surface area contributed by atoms with Crippen LogP contribution in [0.2, 0.25) is 5.02 Å². The van der Waals surface area contributed by atoms with E-state index in [4.69, 9.17) is 11.6 Å². The molecule has 0 saturated carbocycles. The Morgan fingerprint density at radius 1 is 1.11 bits per heavy atom. The van der Waals surface area contributed by atoms with Crippen molar-refractivity contribution in [1.82, 2.24) is 14.9 Å². The molecule has 0 spiro atoms. The Morgan fingerprint density at radius 2 is 1.86 bits per heavy atom. The number of amides is 2. The molecule has 0 bridgehead atoms. The van der Waals surface area contributed by atoms with Gasteiger partial charge < -0.3 is 9.80 Å². The third-order valence-electron chi connectivity index (χ3n) is 8.05. The number of rotatable bonds is 4. The fraction of sp³-hybridized carbons (Fsp3) is 0.481. The standard InChI is InChI=1S/C27H31ClFN3O3/c28-22-3-4-24-20(14-22)1-2-21-15-23(29)16-32(35)27(21)26(24)19-7-11-31(12-8-19)25(34)13-18-5-9-30(17-33)10-6-18/h1-4,14-19,26-27,35H,5-13H2. The summed E-state index contributed by atoms with van der Waals surface area (Å²) in [6, 6.07) is 5.40. The van der Waals surface area contributed by atoms with Crippen molar-refractivity contribution in [3.63, 3.8) is 0 Å². The summed E-state index contributed by atoms with van der Waals surface area (Å²) in [4.78, 5) is 27.7. The molecule has 3 heterocycles. The van der Waals surface area contributed by atoms with Gasteiger partial charge in [0.1, 0.15) is 5.83 Å². The second kappa shape index (κ2) is 10.2. The molecule has 1 aliphatic carbocycles. The summed E-state index contributed by atoms with van der Waals surface area (Å²) < 4.78 is 14.1. The number of carbonyl (C=O) groups is 2. The quantitative estimate of drug-likeness (QED) is 0.607. The van der Waals surface area contributed by atoms with Crippen LogP contribution in [-0.2, 0) is 9.59 Å². The third-order valence-corrected chi connectivity index (χ3v) is 8.29. The van der Waals surface area contributed by atoms with Gasteiger partial charge in [-0.15, -0.1) is 0 Å². The van der Waals surface area contributed by atoms with E-state index < -0.39 is 11.9 Å². The first-order valence-electron chi connectivity index (χ1n) is 12.4. The SMILES string of the molecule is O=CN1CCC(CC(=O)N2CCC(C3c4ccc(Cl)cc4C=CC4=CC(F)=CN(O)C43)CC2)CC1. The molecule has 35 heavy (non-hydrogen) atoms. The number of hydroxylamine groups is 2. The number of allylic oxidation sites excluding steroid dienone is 2. The van der Waals surface area contributed by atoms with E-state index in [1.807, 2.05) is 35.3 Å². The Bertz CT molecular complexity index is 1070. The van der Waals surface area contributed by atoms with E-state index in [1.54, 1.807) is 4.90 Å². The molecular weight excluding hydrogens is 469 g/mol. The van der Waals surface area contributed by atoms with E-state index in [0.29, 0.717) is 30.5 Å². The lowest BCUT2D eigenvalue weighted by Gasteiger charge is -2.42. The van der Waals surface area contributed by atoms with Gasteiger partial charge in [0.15, 0.2) is 0 Å². The number of hydrogen-bond donors (Lipinski definition) is 1. The van der Waals surface area contributed by atoms with Crippen LogP contribution in [0.3, 0.4) is 0 Å². The zero-order chi connectivity index (χ0) is 24.5. The lowest BCUT2D eigenvalue weighted by Crippen LogP contribution is -2.45. The van der Waals surface area contributed by atoms with Crippen LogP contribution in [0.5, 0.6) is 0 Å². The Morgan fingerprint density at radius 3 is 2.57 bits per heavy atom. The van der Waals surface area contributed by atoms with Crippen molar-refractivity contribution in [2.75, 3.05) is 26.2 Å². The Balaban J connectivity index is 1.30. The maximum Gasteiger partial charge on any atom is 0.222 e. The van der Waals surface area contributed by atoms with Crippen molar-refractivity contribution in [3.8, 4) is 0 Å².